The van der Waals surface area contributed by atoms with E-state index in [9.17, 15) is 14.9 Å². The van der Waals surface area contributed by atoms with Crippen molar-refractivity contribution in [3.8, 4) is 0 Å². The lowest BCUT2D eigenvalue weighted by Crippen LogP contribution is -2.36. The number of hydrogen-bond donors (Lipinski definition) is 0. The highest BCUT2D eigenvalue weighted by Gasteiger charge is 2.28. The van der Waals surface area contributed by atoms with Crippen LogP contribution in [0.15, 0.2) is 18.2 Å². The molecule has 0 unspecified atom stereocenters. The minimum Gasteiger partial charge on any atom is -0.271 e. The number of carbonyl (C=O) groups excluding carboxylic acids is 1. The van der Waals surface area contributed by atoms with Crippen LogP contribution in [0.4, 0.5) is 5.69 Å². The van der Waals surface area contributed by atoms with Crippen molar-refractivity contribution in [3.63, 3.8) is 0 Å². The summed E-state index contributed by atoms with van der Waals surface area (Å²) in [6, 6.07) is 4.27. The summed E-state index contributed by atoms with van der Waals surface area (Å²) < 4.78 is 0. The van der Waals surface area contributed by atoms with Gasteiger partial charge in [0.1, 0.15) is 10.6 Å². The monoisotopic (exact) mass is 270 g/mol. The molecule has 0 radical (unpaired) electrons. The molecule has 7 heteroatoms. The Hall–Kier alpha value is -1.66. The Kier molecular flexibility index (Phi) is 3.78. The van der Waals surface area contributed by atoms with Crippen LogP contribution in [0.25, 0.3) is 0 Å². The molecule has 1 heterocycles. The van der Waals surface area contributed by atoms with Gasteiger partial charge in [0.05, 0.1) is 11.5 Å². The first kappa shape index (κ1) is 12.8. The summed E-state index contributed by atoms with van der Waals surface area (Å²) in [6.07, 6.45) is 1.70. The van der Waals surface area contributed by atoms with Gasteiger partial charge in [-0.1, -0.05) is 17.7 Å². The van der Waals surface area contributed by atoms with Crippen LogP contribution in [0.1, 0.15) is 23.2 Å². The SMILES string of the molecule is O=C(c1cccc(Cl)c1[N+](=O)[O-])N1CCCCO1. The standard InChI is InChI=1S/C11H11ClN2O4/c12-9-5-3-4-8(10(9)14(16)17)11(15)13-6-1-2-7-18-13/h3-5H,1-2,6-7H2. The van der Waals surface area contributed by atoms with Gasteiger partial charge < -0.3 is 0 Å². The highest BCUT2D eigenvalue weighted by atomic mass is 35.5. The fraction of sp³-hybridized carbons (Fsp3) is 0.364. The maximum absolute atomic E-state index is 12.1. The Morgan fingerprint density at radius 1 is 1.44 bits per heavy atom. The maximum atomic E-state index is 12.1. The Labute approximate surface area is 108 Å². The molecule has 0 saturated carbocycles. The van der Waals surface area contributed by atoms with E-state index in [1.807, 2.05) is 0 Å². The molecular weight excluding hydrogens is 260 g/mol. The zero-order chi connectivity index (χ0) is 13.1. The summed E-state index contributed by atoms with van der Waals surface area (Å²) in [6.45, 7) is 0.878. The normalized spacial score (nSPS) is 15.5. The second-order valence-electron chi connectivity index (χ2n) is 3.84. The van der Waals surface area contributed by atoms with Crippen molar-refractivity contribution in [1.82, 2.24) is 5.06 Å². The molecule has 6 nitrogen and oxygen atoms in total. The summed E-state index contributed by atoms with van der Waals surface area (Å²) in [5, 5.41) is 12.0. The van der Waals surface area contributed by atoms with Gasteiger partial charge in [-0.15, -0.1) is 0 Å². The predicted molar refractivity (Wildman–Crippen MR) is 64.3 cm³/mol. The van der Waals surface area contributed by atoms with Crippen LogP contribution in [-0.2, 0) is 4.84 Å². The average Bonchev–Trinajstić information content (AvgIpc) is 2.38. The number of para-hydroxylation sites is 1. The lowest BCUT2D eigenvalue weighted by molar-refractivity contribution is -0.385. The van der Waals surface area contributed by atoms with Crippen molar-refractivity contribution in [2.24, 2.45) is 0 Å². The lowest BCUT2D eigenvalue weighted by atomic mass is 10.1. The van der Waals surface area contributed by atoms with Gasteiger partial charge in [0, 0.05) is 6.54 Å². The van der Waals surface area contributed by atoms with Crippen LogP contribution in [0, 0.1) is 10.1 Å². The van der Waals surface area contributed by atoms with Gasteiger partial charge in [-0.2, -0.15) is 0 Å². The van der Waals surface area contributed by atoms with Crippen LogP contribution < -0.4 is 0 Å². The van der Waals surface area contributed by atoms with Gasteiger partial charge >= 0.3 is 5.69 Å². The minimum atomic E-state index is -0.653. The number of carbonyl (C=O) groups is 1. The summed E-state index contributed by atoms with van der Waals surface area (Å²) in [5.74, 6) is -0.524. The van der Waals surface area contributed by atoms with Crippen LogP contribution in [0.3, 0.4) is 0 Å². The van der Waals surface area contributed by atoms with Crippen LogP contribution in [0.5, 0.6) is 0 Å². The molecule has 1 aromatic carbocycles. The average molecular weight is 271 g/mol. The third-order valence-electron chi connectivity index (χ3n) is 2.63. The molecule has 96 valence electrons. The van der Waals surface area contributed by atoms with Gasteiger partial charge in [-0.05, 0) is 25.0 Å². The highest BCUT2D eigenvalue weighted by molar-refractivity contribution is 6.33. The first-order valence-corrected chi connectivity index (χ1v) is 5.86. The second kappa shape index (κ2) is 5.32. The van der Waals surface area contributed by atoms with Crippen molar-refractivity contribution in [2.75, 3.05) is 13.2 Å². The molecule has 0 aliphatic carbocycles. The fourth-order valence-corrected chi connectivity index (χ4v) is 2.01. The van der Waals surface area contributed by atoms with Crippen molar-refractivity contribution in [2.45, 2.75) is 12.8 Å². The molecule has 1 aliphatic rings. The number of hydrogen-bond acceptors (Lipinski definition) is 4. The number of halogens is 1. The van der Waals surface area contributed by atoms with E-state index in [0.29, 0.717) is 13.2 Å². The topological polar surface area (TPSA) is 72.7 Å². The molecule has 0 atom stereocenters. The summed E-state index contributed by atoms with van der Waals surface area (Å²) in [7, 11) is 0. The third-order valence-corrected chi connectivity index (χ3v) is 2.93. The molecule has 1 saturated heterocycles. The van der Waals surface area contributed by atoms with E-state index < -0.39 is 10.8 Å². The van der Waals surface area contributed by atoms with E-state index in [2.05, 4.69) is 0 Å². The zero-order valence-corrected chi connectivity index (χ0v) is 10.2. The van der Waals surface area contributed by atoms with E-state index >= 15 is 0 Å². The van der Waals surface area contributed by atoms with Gasteiger partial charge in [0.2, 0.25) is 0 Å². The number of nitro groups is 1. The van der Waals surface area contributed by atoms with Crippen LogP contribution in [0.2, 0.25) is 5.02 Å². The molecule has 1 amide bonds. The quantitative estimate of drug-likeness (QED) is 0.611. The third kappa shape index (κ3) is 2.44. The van der Waals surface area contributed by atoms with Crippen molar-refractivity contribution in [3.05, 3.63) is 38.9 Å². The van der Waals surface area contributed by atoms with E-state index in [4.69, 9.17) is 16.4 Å². The zero-order valence-electron chi connectivity index (χ0n) is 9.47. The van der Waals surface area contributed by atoms with E-state index in [1.54, 1.807) is 0 Å². The van der Waals surface area contributed by atoms with Crippen molar-refractivity contribution < 1.29 is 14.6 Å². The number of rotatable bonds is 2. The molecular formula is C11H11ClN2O4. The maximum Gasteiger partial charge on any atom is 0.300 e. The van der Waals surface area contributed by atoms with Gasteiger partial charge in [0.15, 0.2) is 0 Å². The first-order valence-electron chi connectivity index (χ1n) is 5.49. The largest absolute Gasteiger partial charge is 0.300 e. The highest BCUT2D eigenvalue weighted by Crippen LogP contribution is 2.29. The fourth-order valence-electron chi connectivity index (χ4n) is 1.76. The Morgan fingerprint density at radius 2 is 2.22 bits per heavy atom. The molecule has 1 aromatic rings. The van der Waals surface area contributed by atoms with E-state index in [0.717, 1.165) is 17.9 Å². The van der Waals surface area contributed by atoms with Crippen molar-refractivity contribution in [1.29, 1.82) is 0 Å². The molecule has 2 rings (SSSR count). The molecule has 18 heavy (non-hydrogen) atoms. The van der Waals surface area contributed by atoms with E-state index in [1.165, 1.54) is 18.2 Å². The molecule has 0 N–H and O–H groups in total. The molecule has 0 bridgehead atoms. The van der Waals surface area contributed by atoms with Gasteiger partial charge in [0.25, 0.3) is 5.91 Å². The van der Waals surface area contributed by atoms with E-state index in [-0.39, 0.29) is 16.3 Å². The van der Waals surface area contributed by atoms with Gasteiger partial charge in [-0.3, -0.25) is 19.7 Å². The Balaban J connectivity index is 2.35. The summed E-state index contributed by atoms with van der Waals surface area (Å²) in [5.41, 5.74) is -0.423. The Morgan fingerprint density at radius 3 is 2.83 bits per heavy atom. The predicted octanol–water partition coefficient (Wildman–Crippen LogP) is 2.42. The molecule has 0 spiro atoms. The Bertz CT molecular complexity index is 486. The number of nitro benzene ring substituents is 1. The van der Waals surface area contributed by atoms with Crippen molar-refractivity contribution >= 4 is 23.2 Å². The lowest BCUT2D eigenvalue weighted by Gasteiger charge is -2.25. The number of amides is 1. The molecule has 0 aromatic heterocycles. The summed E-state index contributed by atoms with van der Waals surface area (Å²) in [4.78, 5) is 27.6. The minimum absolute atomic E-state index is 0.0469. The summed E-state index contributed by atoms with van der Waals surface area (Å²) >= 11 is 5.75. The molecule has 1 aliphatic heterocycles. The van der Waals surface area contributed by atoms with Crippen LogP contribution >= 0.6 is 11.6 Å². The van der Waals surface area contributed by atoms with Crippen LogP contribution in [-0.4, -0.2) is 29.0 Å². The number of benzene rings is 1. The number of nitrogens with zero attached hydrogens (tertiary/aromatic N) is 2. The smallest absolute Gasteiger partial charge is 0.271 e. The van der Waals surface area contributed by atoms with Gasteiger partial charge in [-0.25, -0.2) is 5.06 Å². The number of hydroxylamine groups is 2. The first-order chi connectivity index (χ1) is 8.61. The molecule has 1 fully saturated rings. The second-order valence-corrected chi connectivity index (χ2v) is 4.25.